The molecule has 1 saturated heterocycles. The van der Waals surface area contributed by atoms with E-state index in [1.165, 1.54) is 4.90 Å². The molecule has 1 aliphatic rings. The minimum atomic E-state index is -0.648. The van der Waals surface area contributed by atoms with E-state index in [4.69, 9.17) is 16.3 Å². The first-order valence-corrected chi connectivity index (χ1v) is 8.13. The number of carbonyl (C=O) groups excluding carboxylic acids is 2. The van der Waals surface area contributed by atoms with E-state index in [1.54, 1.807) is 44.1 Å². The van der Waals surface area contributed by atoms with Crippen LogP contribution in [0.25, 0.3) is 0 Å². The van der Waals surface area contributed by atoms with Crippen molar-refractivity contribution in [1.29, 1.82) is 0 Å². The van der Waals surface area contributed by atoms with Crippen LogP contribution in [0, 0.1) is 6.92 Å². The van der Waals surface area contributed by atoms with Crippen molar-refractivity contribution < 1.29 is 14.3 Å². The second-order valence-corrected chi connectivity index (χ2v) is 6.53. The van der Waals surface area contributed by atoms with Gasteiger partial charge in [-0.1, -0.05) is 11.6 Å². The van der Waals surface area contributed by atoms with E-state index in [0.717, 1.165) is 12.0 Å². The smallest absolute Gasteiger partial charge is 0.264 e. The van der Waals surface area contributed by atoms with Gasteiger partial charge in [0.05, 0.1) is 0 Å². The van der Waals surface area contributed by atoms with Gasteiger partial charge < -0.3 is 14.5 Å². The molecule has 5 nitrogen and oxygen atoms in total. The van der Waals surface area contributed by atoms with E-state index in [2.05, 4.69) is 0 Å². The van der Waals surface area contributed by atoms with Crippen LogP contribution in [-0.4, -0.2) is 54.4 Å². The molecule has 0 bridgehead atoms. The summed E-state index contributed by atoms with van der Waals surface area (Å²) >= 11 is 5.93. The van der Waals surface area contributed by atoms with Crippen LogP contribution < -0.4 is 4.74 Å². The fourth-order valence-electron chi connectivity index (χ4n) is 2.80. The average Bonchev–Trinajstić information content (AvgIpc) is 2.97. The van der Waals surface area contributed by atoms with Crippen molar-refractivity contribution in [3.8, 4) is 5.75 Å². The van der Waals surface area contributed by atoms with Gasteiger partial charge in [-0.3, -0.25) is 9.59 Å². The van der Waals surface area contributed by atoms with Gasteiger partial charge in [0.1, 0.15) is 11.8 Å². The highest BCUT2D eigenvalue weighted by molar-refractivity contribution is 6.30. The lowest BCUT2D eigenvalue weighted by molar-refractivity contribution is -0.146. The Bertz CT molecular complexity index is 604. The lowest BCUT2D eigenvalue weighted by Crippen LogP contribution is -2.49. The molecule has 2 atom stereocenters. The van der Waals surface area contributed by atoms with E-state index in [1.807, 2.05) is 6.92 Å². The Balaban J connectivity index is 2.08. The van der Waals surface area contributed by atoms with E-state index in [9.17, 15) is 9.59 Å². The van der Waals surface area contributed by atoms with Crippen molar-refractivity contribution in [3.63, 3.8) is 0 Å². The van der Waals surface area contributed by atoms with E-state index < -0.39 is 6.10 Å². The van der Waals surface area contributed by atoms with Crippen LogP contribution in [0.15, 0.2) is 18.2 Å². The summed E-state index contributed by atoms with van der Waals surface area (Å²) in [7, 11) is 3.42. The second kappa shape index (κ2) is 7.21. The number of rotatable bonds is 4. The Morgan fingerprint density at radius 3 is 2.70 bits per heavy atom. The first-order valence-electron chi connectivity index (χ1n) is 7.75. The van der Waals surface area contributed by atoms with Gasteiger partial charge >= 0.3 is 0 Å². The molecule has 1 aromatic rings. The fraction of sp³-hybridized carbons (Fsp3) is 0.529. The predicted molar refractivity (Wildman–Crippen MR) is 89.7 cm³/mol. The maximum absolute atomic E-state index is 12.7. The molecule has 2 unspecified atom stereocenters. The highest BCUT2D eigenvalue weighted by Crippen LogP contribution is 2.25. The van der Waals surface area contributed by atoms with Gasteiger partial charge in [-0.25, -0.2) is 0 Å². The summed E-state index contributed by atoms with van der Waals surface area (Å²) in [5.41, 5.74) is 0.875. The number of halogens is 1. The molecule has 0 saturated carbocycles. The Kier molecular flexibility index (Phi) is 5.52. The summed E-state index contributed by atoms with van der Waals surface area (Å²) < 4.78 is 5.79. The molecule has 0 radical (unpaired) electrons. The maximum Gasteiger partial charge on any atom is 0.264 e. The molecule has 0 N–H and O–H groups in total. The lowest BCUT2D eigenvalue weighted by Gasteiger charge is -2.28. The third kappa shape index (κ3) is 3.96. The van der Waals surface area contributed by atoms with Gasteiger partial charge in [-0.05, 0) is 50.5 Å². The topological polar surface area (TPSA) is 49.9 Å². The number of hydrogen-bond donors (Lipinski definition) is 0. The van der Waals surface area contributed by atoms with Gasteiger partial charge in [0.15, 0.2) is 6.10 Å². The number of ether oxygens (including phenoxy) is 1. The Labute approximate surface area is 142 Å². The number of aryl methyl sites for hydroxylation is 1. The number of hydrogen-bond acceptors (Lipinski definition) is 3. The van der Waals surface area contributed by atoms with Gasteiger partial charge in [0, 0.05) is 25.7 Å². The van der Waals surface area contributed by atoms with Crippen molar-refractivity contribution in [2.75, 3.05) is 20.6 Å². The zero-order valence-corrected chi connectivity index (χ0v) is 14.8. The number of benzene rings is 1. The van der Waals surface area contributed by atoms with Crippen molar-refractivity contribution in [1.82, 2.24) is 9.80 Å². The molecule has 1 fully saturated rings. The molecular weight excluding hydrogens is 316 g/mol. The Hall–Kier alpha value is -1.75. The lowest BCUT2D eigenvalue weighted by atomic mass is 10.2. The zero-order chi connectivity index (χ0) is 17.1. The predicted octanol–water partition coefficient (Wildman–Crippen LogP) is 2.49. The first-order chi connectivity index (χ1) is 10.8. The largest absolute Gasteiger partial charge is 0.481 e. The molecule has 1 aliphatic heterocycles. The standard InChI is InChI=1S/C17H23ClN2O3/c1-11-10-13(18)7-8-15(11)23-12(2)16(21)20-9-5-6-14(20)17(22)19(3)4/h7-8,10,12,14H,5-6,9H2,1-4H3. The number of likely N-dealkylation sites (tertiary alicyclic amines) is 1. The quantitative estimate of drug-likeness (QED) is 0.847. The molecule has 23 heavy (non-hydrogen) atoms. The van der Waals surface area contributed by atoms with E-state index in [0.29, 0.717) is 23.7 Å². The van der Waals surface area contributed by atoms with Gasteiger partial charge in [0.25, 0.3) is 5.91 Å². The minimum absolute atomic E-state index is 0.0364. The number of likely N-dealkylation sites (N-methyl/N-ethyl adjacent to an activating group) is 1. The third-order valence-corrected chi connectivity index (χ3v) is 4.29. The molecule has 0 aromatic heterocycles. The van der Waals surface area contributed by atoms with Gasteiger partial charge in [-0.15, -0.1) is 0 Å². The zero-order valence-electron chi connectivity index (χ0n) is 14.0. The van der Waals surface area contributed by atoms with Crippen molar-refractivity contribution in [3.05, 3.63) is 28.8 Å². The Morgan fingerprint density at radius 2 is 2.09 bits per heavy atom. The summed E-state index contributed by atoms with van der Waals surface area (Å²) in [6, 6.07) is 4.90. The molecule has 1 heterocycles. The molecule has 126 valence electrons. The molecule has 1 aromatic carbocycles. The van der Waals surface area contributed by atoms with Crippen molar-refractivity contribution >= 4 is 23.4 Å². The summed E-state index contributed by atoms with van der Waals surface area (Å²) in [6.45, 7) is 4.19. The summed E-state index contributed by atoms with van der Waals surface area (Å²) in [4.78, 5) is 28.0. The second-order valence-electron chi connectivity index (χ2n) is 6.09. The van der Waals surface area contributed by atoms with Gasteiger partial charge in [0.2, 0.25) is 5.91 Å². The number of carbonyl (C=O) groups is 2. The molecule has 0 spiro atoms. The van der Waals surface area contributed by atoms with Crippen LogP contribution in [0.2, 0.25) is 5.02 Å². The average molecular weight is 339 g/mol. The number of amides is 2. The normalized spacial score (nSPS) is 18.7. The molecular formula is C17H23ClN2O3. The van der Waals surface area contributed by atoms with Crippen molar-refractivity contribution in [2.24, 2.45) is 0 Å². The molecule has 2 amide bonds. The molecule has 0 aliphatic carbocycles. The maximum atomic E-state index is 12.7. The summed E-state index contributed by atoms with van der Waals surface area (Å²) in [6.07, 6.45) is 0.892. The van der Waals surface area contributed by atoms with E-state index in [-0.39, 0.29) is 17.9 Å². The summed E-state index contributed by atoms with van der Waals surface area (Å²) in [5, 5.41) is 0.630. The SMILES string of the molecule is Cc1cc(Cl)ccc1OC(C)C(=O)N1CCCC1C(=O)N(C)C. The van der Waals surface area contributed by atoms with Crippen LogP contribution in [0.3, 0.4) is 0 Å². The first kappa shape index (κ1) is 17.6. The monoisotopic (exact) mass is 338 g/mol. The molecule has 6 heteroatoms. The van der Waals surface area contributed by atoms with Gasteiger partial charge in [-0.2, -0.15) is 0 Å². The highest BCUT2D eigenvalue weighted by atomic mass is 35.5. The van der Waals surface area contributed by atoms with Crippen LogP contribution in [0.1, 0.15) is 25.3 Å². The minimum Gasteiger partial charge on any atom is -0.481 e. The van der Waals surface area contributed by atoms with E-state index >= 15 is 0 Å². The Morgan fingerprint density at radius 1 is 1.39 bits per heavy atom. The number of nitrogens with zero attached hydrogens (tertiary/aromatic N) is 2. The third-order valence-electron chi connectivity index (χ3n) is 4.05. The highest BCUT2D eigenvalue weighted by Gasteiger charge is 2.37. The summed E-state index contributed by atoms with van der Waals surface area (Å²) in [5.74, 6) is 0.438. The van der Waals surface area contributed by atoms with Crippen LogP contribution in [-0.2, 0) is 9.59 Å². The van der Waals surface area contributed by atoms with Crippen LogP contribution in [0.5, 0.6) is 5.75 Å². The van der Waals surface area contributed by atoms with Crippen molar-refractivity contribution in [2.45, 2.75) is 38.8 Å². The molecule has 2 rings (SSSR count). The van der Waals surface area contributed by atoms with Crippen LogP contribution >= 0.6 is 11.6 Å². The van der Waals surface area contributed by atoms with Crippen LogP contribution in [0.4, 0.5) is 0 Å². The fourth-order valence-corrected chi connectivity index (χ4v) is 3.03.